The smallest absolute Gasteiger partial charge is 0.0960 e. The third-order valence-corrected chi connectivity index (χ3v) is 3.60. The zero-order valence-electron chi connectivity index (χ0n) is 8.16. The average Bonchev–Trinajstić information content (AvgIpc) is 2.63. The zero-order valence-corrected chi connectivity index (χ0v) is 10.5. The number of ether oxygens (including phenoxy) is 2. The van der Waals surface area contributed by atoms with Crippen molar-refractivity contribution in [3.05, 3.63) is 34.9 Å². The molecule has 2 nitrogen and oxygen atoms in total. The molecule has 4 heteroatoms. The predicted octanol–water partition coefficient (Wildman–Crippen LogP) is 3.02. The van der Waals surface area contributed by atoms with E-state index in [9.17, 15) is 0 Å². The Hall–Kier alpha value is -0.0900. The van der Waals surface area contributed by atoms with Crippen molar-refractivity contribution in [3.8, 4) is 0 Å². The molecular weight excluding hydrogens is 279 g/mol. The molecule has 1 fully saturated rings. The molecule has 1 aliphatic heterocycles. The Balaban J connectivity index is 1.90. The topological polar surface area (TPSA) is 18.5 Å². The van der Waals surface area contributed by atoms with Crippen molar-refractivity contribution in [3.63, 3.8) is 0 Å². The van der Waals surface area contributed by atoms with Crippen LogP contribution in [0.3, 0.4) is 0 Å². The summed E-state index contributed by atoms with van der Waals surface area (Å²) < 4.78 is 11.0. The second kappa shape index (κ2) is 5.30. The largest absolute Gasteiger partial charge is 0.377 e. The molecule has 0 spiro atoms. The van der Waals surface area contributed by atoms with Crippen LogP contribution in [0.4, 0.5) is 0 Å². The minimum Gasteiger partial charge on any atom is -0.377 e. The molecule has 2 unspecified atom stereocenters. The lowest BCUT2D eigenvalue weighted by Gasteiger charge is -2.13. The van der Waals surface area contributed by atoms with Gasteiger partial charge in [0.05, 0.1) is 30.8 Å². The molecule has 1 aliphatic rings. The molecule has 2 rings (SSSR count). The monoisotopic (exact) mass is 290 g/mol. The molecule has 2 atom stereocenters. The Kier molecular flexibility index (Phi) is 4.03. The number of alkyl halides is 1. The third-order valence-electron chi connectivity index (χ3n) is 2.37. The summed E-state index contributed by atoms with van der Waals surface area (Å²) in [5, 5.41) is 0.752. The Morgan fingerprint density at radius 2 is 2.20 bits per heavy atom. The highest BCUT2D eigenvalue weighted by Crippen LogP contribution is 2.21. The van der Waals surface area contributed by atoms with Gasteiger partial charge in [-0.1, -0.05) is 45.7 Å². The van der Waals surface area contributed by atoms with Gasteiger partial charge in [-0.25, -0.2) is 0 Å². The first-order valence-electron chi connectivity index (χ1n) is 4.84. The van der Waals surface area contributed by atoms with Crippen molar-refractivity contribution >= 4 is 27.5 Å². The molecule has 1 aromatic rings. The van der Waals surface area contributed by atoms with Gasteiger partial charge in [0, 0.05) is 5.02 Å². The van der Waals surface area contributed by atoms with Gasteiger partial charge in [0.1, 0.15) is 0 Å². The number of hydrogen-bond acceptors (Lipinski definition) is 2. The van der Waals surface area contributed by atoms with E-state index in [-0.39, 0.29) is 6.10 Å². The maximum atomic E-state index is 6.02. The van der Waals surface area contributed by atoms with Crippen LogP contribution in [0.15, 0.2) is 24.3 Å². The molecule has 0 amide bonds. The highest BCUT2D eigenvalue weighted by atomic mass is 79.9. The maximum absolute atomic E-state index is 6.02. The number of halogens is 2. The van der Waals surface area contributed by atoms with Crippen LogP contribution in [0.2, 0.25) is 5.02 Å². The zero-order chi connectivity index (χ0) is 10.7. The normalized spacial score (nSPS) is 25.7. The fourth-order valence-corrected chi connectivity index (χ4v) is 2.16. The van der Waals surface area contributed by atoms with E-state index in [0.717, 1.165) is 10.6 Å². The highest BCUT2D eigenvalue weighted by molar-refractivity contribution is 9.09. The lowest BCUT2D eigenvalue weighted by atomic mass is 10.2. The lowest BCUT2D eigenvalue weighted by molar-refractivity contribution is 0.0339. The van der Waals surface area contributed by atoms with E-state index in [1.807, 2.05) is 24.3 Å². The van der Waals surface area contributed by atoms with Crippen LogP contribution in [0, 0.1) is 0 Å². The molecule has 0 aliphatic carbocycles. The molecule has 1 heterocycles. The number of benzene rings is 1. The van der Waals surface area contributed by atoms with Crippen molar-refractivity contribution in [2.45, 2.75) is 17.5 Å². The first-order chi connectivity index (χ1) is 7.27. The molecule has 0 radical (unpaired) electrons. The molecule has 0 N–H and O–H groups in total. The molecule has 82 valence electrons. The molecule has 0 saturated carbocycles. The molecule has 0 bridgehead atoms. The SMILES string of the molecule is Clc1ccccc1COC1COCC1Br. The van der Waals surface area contributed by atoms with E-state index in [0.29, 0.717) is 24.6 Å². The van der Waals surface area contributed by atoms with Gasteiger partial charge >= 0.3 is 0 Å². The third kappa shape index (κ3) is 2.94. The molecule has 15 heavy (non-hydrogen) atoms. The first kappa shape index (κ1) is 11.4. The summed E-state index contributed by atoms with van der Waals surface area (Å²) in [7, 11) is 0. The average molecular weight is 292 g/mol. The second-order valence-electron chi connectivity index (χ2n) is 3.49. The Labute approximate surface area is 103 Å². The number of rotatable bonds is 3. The van der Waals surface area contributed by atoms with Crippen LogP contribution in [-0.4, -0.2) is 24.1 Å². The van der Waals surface area contributed by atoms with Crippen LogP contribution in [-0.2, 0) is 16.1 Å². The van der Waals surface area contributed by atoms with E-state index in [1.165, 1.54) is 0 Å². The summed E-state index contributed by atoms with van der Waals surface area (Å²) in [6, 6.07) is 7.72. The standard InChI is InChI=1S/C11H12BrClO2/c12-9-6-14-7-11(9)15-5-8-3-1-2-4-10(8)13/h1-4,9,11H,5-7H2. The number of hydrogen-bond donors (Lipinski definition) is 0. The fourth-order valence-electron chi connectivity index (χ4n) is 1.47. The molecule has 1 aromatic carbocycles. The van der Waals surface area contributed by atoms with Gasteiger partial charge in [-0.3, -0.25) is 0 Å². The maximum Gasteiger partial charge on any atom is 0.0960 e. The van der Waals surface area contributed by atoms with Crippen LogP contribution in [0.1, 0.15) is 5.56 Å². The van der Waals surface area contributed by atoms with Crippen LogP contribution in [0.25, 0.3) is 0 Å². The summed E-state index contributed by atoms with van der Waals surface area (Å²) in [6.45, 7) is 1.91. The van der Waals surface area contributed by atoms with Gasteiger partial charge in [-0.2, -0.15) is 0 Å². The lowest BCUT2D eigenvalue weighted by Crippen LogP contribution is -2.21. The van der Waals surface area contributed by atoms with Gasteiger partial charge in [-0.15, -0.1) is 0 Å². The van der Waals surface area contributed by atoms with E-state index >= 15 is 0 Å². The van der Waals surface area contributed by atoms with Gasteiger partial charge in [0.25, 0.3) is 0 Å². The summed E-state index contributed by atoms with van der Waals surface area (Å²) in [5.41, 5.74) is 1.02. The Morgan fingerprint density at radius 3 is 2.87 bits per heavy atom. The summed E-state index contributed by atoms with van der Waals surface area (Å²) in [6.07, 6.45) is 0.126. The molecule has 1 saturated heterocycles. The summed E-state index contributed by atoms with van der Waals surface area (Å²) in [5.74, 6) is 0. The van der Waals surface area contributed by atoms with Crippen LogP contribution in [0.5, 0.6) is 0 Å². The van der Waals surface area contributed by atoms with Gasteiger partial charge in [-0.05, 0) is 11.6 Å². The summed E-state index contributed by atoms with van der Waals surface area (Å²) >= 11 is 9.54. The van der Waals surface area contributed by atoms with Crippen molar-refractivity contribution < 1.29 is 9.47 Å². The molecule has 0 aromatic heterocycles. The van der Waals surface area contributed by atoms with Crippen molar-refractivity contribution in [1.82, 2.24) is 0 Å². The van der Waals surface area contributed by atoms with Crippen molar-refractivity contribution in [1.29, 1.82) is 0 Å². The Morgan fingerprint density at radius 1 is 1.40 bits per heavy atom. The second-order valence-corrected chi connectivity index (χ2v) is 5.08. The van der Waals surface area contributed by atoms with E-state index in [1.54, 1.807) is 0 Å². The van der Waals surface area contributed by atoms with E-state index < -0.39 is 0 Å². The van der Waals surface area contributed by atoms with Crippen LogP contribution >= 0.6 is 27.5 Å². The minimum absolute atomic E-state index is 0.126. The minimum atomic E-state index is 0.126. The van der Waals surface area contributed by atoms with Crippen molar-refractivity contribution in [2.75, 3.05) is 13.2 Å². The van der Waals surface area contributed by atoms with Gasteiger partial charge < -0.3 is 9.47 Å². The van der Waals surface area contributed by atoms with Gasteiger partial charge in [0.15, 0.2) is 0 Å². The quantitative estimate of drug-likeness (QED) is 0.797. The highest BCUT2D eigenvalue weighted by Gasteiger charge is 2.26. The van der Waals surface area contributed by atoms with E-state index in [4.69, 9.17) is 21.1 Å². The van der Waals surface area contributed by atoms with Crippen LogP contribution < -0.4 is 0 Å². The van der Waals surface area contributed by atoms with Gasteiger partial charge in [0.2, 0.25) is 0 Å². The van der Waals surface area contributed by atoms with E-state index in [2.05, 4.69) is 15.9 Å². The summed E-state index contributed by atoms with van der Waals surface area (Å²) in [4.78, 5) is 0.292. The molecular formula is C11H12BrClO2. The Bertz CT molecular complexity index is 332. The first-order valence-corrected chi connectivity index (χ1v) is 6.13. The van der Waals surface area contributed by atoms with Crippen molar-refractivity contribution in [2.24, 2.45) is 0 Å². The fraction of sp³-hybridized carbons (Fsp3) is 0.455. The predicted molar refractivity (Wildman–Crippen MR) is 63.6 cm³/mol.